The molecule has 0 saturated heterocycles. The van der Waals surface area contributed by atoms with Crippen LogP contribution in [0.4, 0.5) is 5.69 Å². The number of carbonyl (C=O) groups is 1. The van der Waals surface area contributed by atoms with Gasteiger partial charge in [-0.1, -0.05) is 31.5 Å². The van der Waals surface area contributed by atoms with E-state index < -0.39 is 0 Å². The highest BCUT2D eigenvalue weighted by molar-refractivity contribution is 5.79. The van der Waals surface area contributed by atoms with Gasteiger partial charge in [0.25, 0.3) is 0 Å². The number of benzene rings is 1. The Morgan fingerprint density at radius 2 is 1.94 bits per heavy atom. The van der Waals surface area contributed by atoms with E-state index in [1.807, 2.05) is 6.07 Å². The molecule has 0 aliphatic heterocycles. The number of rotatable bonds is 3. The number of hydrogen-bond donors (Lipinski definition) is 0. The second kappa shape index (κ2) is 5.55. The Morgan fingerprint density at radius 1 is 1.22 bits per heavy atom. The quantitative estimate of drug-likeness (QED) is 0.757. The molecule has 1 atom stereocenters. The Labute approximate surface area is 110 Å². The van der Waals surface area contributed by atoms with Gasteiger partial charge in [-0.05, 0) is 30.4 Å². The van der Waals surface area contributed by atoms with Crippen molar-refractivity contribution in [2.75, 3.05) is 18.5 Å². The first kappa shape index (κ1) is 13.1. The average Bonchev–Trinajstić information content (AvgIpc) is 2.51. The van der Waals surface area contributed by atoms with Crippen LogP contribution in [0.5, 0.6) is 0 Å². The van der Waals surface area contributed by atoms with Crippen molar-refractivity contribution in [3.05, 3.63) is 30.3 Å². The zero-order valence-corrected chi connectivity index (χ0v) is 11.5. The summed E-state index contributed by atoms with van der Waals surface area (Å²) in [7, 11) is 2.12. The van der Waals surface area contributed by atoms with Gasteiger partial charge in [0.2, 0.25) is 0 Å². The Balaban J connectivity index is 2.05. The number of anilines is 1. The highest BCUT2D eigenvalue weighted by atomic mass is 16.1. The first-order valence-corrected chi connectivity index (χ1v) is 6.87. The normalized spacial score (nSPS) is 24.7. The van der Waals surface area contributed by atoms with Crippen molar-refractivity contribution >= 4 is 11.5 Å². The second-order valence-electron chi connectivity index (χ2n) is 5.92. The first-order valence-electron chi connectivity index (χ1n) is 6.87. The fourth-order valence-corrected chi connectivity index (χ4v) is 3.01. The van der Waals surface area contributed by atoms with E-state index in [1.54, 1.807) is 0 Å². The van der Waals surface area contributed by atoms with E-state index in [4.69, 9.17) is 0 Å². The third kappa shape index (κ3) is 3.34. The topological polar surface area (TPSA) is 20.3 Å². The zero-order chi connectivity index (χ0) is 13.0. The number of ketones is 1. The van der Waals surface area contributed by atoms with Crippen LogP contribution in [0.3, 0.4) is 0 Å². The lowest BCUT2D eigenvalue weighted by atomic mass is 9.81. The van der Waals surface area contributed by atoms with Gasteiger partial charge in [-0.3, -0.25) is 4.79 Å². The summed E-state index contributed by atoms with van der Waals surface area (Å²) in [6, 6.07) is 10.4. The van der Waals surface area contributed by atoms with Crippen molar-refractivity contribution in [3.63, 3.8) is 0 Å². The maximum Gasteiger partial charge on any atom is 0.133 e. The van der Waals surface area contributed by atoms with Gasteiger partial charge in [-0.25, -0.2) is 0 Å². The van der Waals surface area contributed by atoms with Crippen LogP contribution >= 0.6 is 0 Å². The van der Waals surface area contributed by atoms with Crippen LogP contribution in [0.25, 0.3) is 0 Å². The van der Waals surface area contributed by atoms with Crippen molar-refractivity contribution in [3.8, 4) is 0 Å². The molecule has 2 heteroatoms. The van der Waals surface area contributed by atoms with Gasteiger partial charge in [0.05, 0.1) is 0 Å². The summed E-state index contributed by atoms with van der Waals surface area (Å²) < 4.78 is 0. The summed E-state index contributed by atoms with van der Waals surface area (Å²) in [5.41, 5.74) is 1.37. The van der Waals surface area contributed by atoms with E-state index in [0.29, 0.717) is 5.78 Å². The minimum absolute atomic E-state index is 0.137. The highest BCUT2D eigenvalue weighted by Gasteiger charge is 2.30. The van der Waals surface area contributed by atoms with Crippen LogP contribution < -0.4 is 4.90 Å². The number of carbonyl (C=O) groups excluding carboxylic acids is 1. The number of para-hydroxylation sites is 1. The number of Topliss-reactive ketones (excluding diaryl/α,β-unsaturated/α-hetero) is 1. The SMILES string of the molecule is CN(C[C@@]1(C)CCCCC(=O)C1)c1ccccc1. The lowest BCUT2D eigenvalue weighted by Gasteiger charge is -2.33. The van der Waals surface area contributed by atoms with Crippen molar-refractivity contribution in [2.24, 2.45) is 5.41 Å². The molecule has 1 aromatic carbocycles. The molecule has 2 rings (SSSR count). The molecule has 1 aliphatic rings. The van der Waals surface area contributed by atoms with Crippen LogP contribution in [0.2, 0.25) is 0 Å². The molecule has 2 nitrogen and oxygen atoms in total. The summed E-state index contributed by atoms with van der Waals surface area (Å²) >= 11 is 0. The Morgan fingerprint density at radius 3 is 2.67 bits per heavy atom. The maximum absolute atomic E-state index is 11.8. The molecule has 98 valence electrons. The minimum atomic E-state index is 0.137. The molecule has 0 heterocycles. The Bertz CT molecular complexity index is 401. The molecular weight excluding hydrogens is 222 g/mol. The van der Waals surface area contributed by atoms with Gasteiger partial charge >= 0.3 is 0 Å². The first-order chi connectivity index (χ1) is 8.59. The molecule has 1 fully saturated rings. The van der Waals surface area contributed by atoms with E-state index in [2.05, 4.69) is 43.1 Å². The van der Waals surface area contributed by atoms with Crippen LogP contribution in [0.15, 0.2) is 30.3 Å². The fourth-order valence-electron chi connectivity index (χ4n) is 3.01. The lowest BCUT2D eigenvalue weighted by Crippen LogP contribution is -2.34. The molecule has 0 amide bonds. The number of hydrogen-bond acceptors (Lipinski definition) is 2. The van der Waals surface area contributed by atoms with Crippen LogP contribution in [-0.4, -0.2) is 19.4 Å². The Hall–Kier alpha value is -1.31. The maximum atomic E-state index is 11.8. The van der Waals surface area contributed by atoms with E-state index in [0.717, 1.165) is 32.2 Å². The van der Waals surface area contributed by atoms with Gasteiger partial charge in [-0.15, -0.1) is 0 Å². The zero-order valence-electron chi connectivity index (χ0n) is 11.5. The molecule has 1 saturated carbocycles. The smallest absolute Gasteiger partial charge is 0.133 e. The van der Waals surface area contributed by atoms with Crippen molar-refractivity contribution in [2.45, 2.75) is 39.0 Å². The monoisotopic (exact) mass is 245 g/mol. The van der Waals surface area contributed by atoms with Gasteiger partial charge in [0, 0.05) is 32.1 Å². The summed E-state index contributed by atoms with van der Waals surface area (Å²) in [6.07, 6.45) is 4.94. The van der Waals surface area contributed by atoms with Gasteiger partial charge in [-0.2, -0.15) is 0 Å². The molecule has 0 radical (unpaired) electrons. The molecule has 0 aromatic heterocycles. The molecule has 1 aliphatic carbocycles. The molecule has 0 bridgehead atoms. The summed E-state index contributed by atoms with van der Waals surface area (Å²) in [5.74, 6) is 0.441. The van der Waals surface area contributed by atoms with E-state index in [-0.39, 0.29) is 5.41 Å². The van der Waals surface area contributed by atoms with Crippen molar-refractivity contribution < 1.29 is 4.79 Å². The van der Waals surface area contributed by atoms with Crippen molar-refractivity contribution in [1.29, 1.82) is 0 Å². The molecule has 0 N–H and O–H groups in total. The second-order valence-corrected chi connectivity index (χ2v) is 5.92. The van der Waals surface area contributed by atoms with Gasteiger partial charge < -0.3 is 4.90 Å². The molecule has 18 heavy (non-hydrogen) atoms. The Kier molecular flexibility index (Phi) is 4.05. The predicted octanol–water partition coefficient (Wildman–Crippen LogP) is 3.66. The van der Waals surface area contributed by atoms with Gasteiger partial charge in [0.15, 0.2) is 0 Å². The molecular formula is C16H23NO. The van der Waals surface area contributed by atoms with E-state index in [1.165, 1.54) is 12.1 Å². The minimum Gasteiger partial charge on any atom is -0.374 e. The molecule has 0 spiro atoms. The van der Waals surface area contributed by atoms with E-state index >= 15 is 0 Å². The van der Waals surface area contributed by atoms with Crippen LogP contribution in [0, 0.1) is 5.41 Å². The van der Waals surface area contributed by atoms with Crippen molar-refractivity contribution in [1.82, 2.24) is 0 Å². The van der Waals surface area contributed by atoms with Crippen LogP contribution in [-0.2, 0) is 4.79 Å². The molecule has 0 unspecified atom stereocenters. The van der Waals surface area contributed by atoms with Crippen LogP contribution in [0.1, 0.15) is 39.0 Å². The third-order valence-corrected chi connectivity index (χ3v) is 3.93. The molecule has 1 aromatic rings. The summed E-state index contributed by atoms with van der Waals surface area (Å²) in [6.45, 7) is 3.22. The average molecular weight is 245 g/mol. The highest BCUT2D eigenvalue weighted by Crippen LogP contribution is 2.34. The van der Waals surface area contributed by atoms with E-state index in [9.17, 15) is 4.79 Å². The summed E-state index contributed by atoms with van der Waals surface area (Å²) in [4.78, 5) is 14.1. The lowest BCUT2D eigenvalue weighted by molar-refractivity contribution is -0.120. The summed E-state index contributed by atoms with van der Waals surface area (Å²) in [5, 5.41) is 0. The predicted molar refractivity (Wildman–Crippen MR) is 75.9 cm³/mol. The fraction of sp³-hybridized carbons (Fsp3) is 0.562. The van der Waals surface area contributed by atoms with Gasteiger partial charge in [0.1, 0.15) is 5.78 Å². The standard InChI is InChI=1S/C16H23NO/c1-16(11-7-6-10-15(18)12-16)13-17(2)14-8-4-3-5-9-14/h3-5,8-9H,6-7,10-13H2,1-2H3/t16-/m0/s1. The third-order valence-electron chi connectivity index (χ3n) is 3.93. The number of nitrogens with zero attached hydrogens (tertiary/aromatic N) is 1. The largest absolute Gasteiger partial charge is 0.374 e.